The predicted molar refractivity (Wildman–Crippen MR) is 137 cm³/mol. The number of ether oxygens (including phenoxy) is 1. The van der Waals surface area contributed by atoms with E-state index in [9.17, 15) is 4.79 Å². The molecule has 0 saturated heterocycles. The monoisotopic (exact) mass is 476 g/mol. The van der Waals surface area contributed by atoms with Crippen molar-refractivity contribution in [1.82, 2.24) is 30.1 Å². The van der Waals surface area contributed by atoms with Gasteiger partial charge in [0, 0.05) is 39.8 Å². The fourth-order valence-electron chi connectivity index (χ4n) is 3.90. The van der Waals surface area contributed by atoms with Gasteiger partial charge >= 0.3 is 0 Å². The number of carbonyl (C=O) groups is 1. The maximum absolute atomic E-state index is 12.7. The lowest BCUT2D eigenvalue weighted by Crippen LogP contribution is -2.12. The molecule has 36 heavy (non-hydrogen) atoms. The van der Waals surface area contributed by atoms with Crippen molar-refractivity contribution < 1.29 is 9.53 Å². The van der Waals surface area contributed by atoms with E-state index in [1.54, 1.807) is 43.9 Å². The quantitative estimate of drug-likeness (QED) is 0.269. The van der Waals surface area contributed by atoms with Crippen LogP contribution < -0.4 is 15.4 Å². The fourth-order valence-corrected chi connectivity index (χ4v) is 3.90. The number of fused-ring (bicyclic) bond motifs is 2. The van der Waals surface area contributed by atoms with Crippen LogP contribution >= 0.6 is 0 Å². The van der Waals surface area contributed by atoms with Gasteiger partial charge in [-0.05, 0) is 42.5 Å². The molecule has 176 valence electrons. The van der Waals surface area contributed by atoms with Crippen LogP contribution in [0.2, 0.25) is 0 Å². The van der Waals surface area contributed by atoms with Crippen molar-refractivity contribution in [2.24, 2.45) is 0 Å². The zero-order valence-corrected chi connectivity index (χ0v) is 19.1. The summed E-state index contributed by atoms with van der Waals surface area (Å²) in [5.74, 6) is 1.45. The summed E-state index contributed by atoms with van der Waals surface area (Å²) in [4.78, 5) is 29.1. The highest BCUT2D eigenvalue weighted by atomic mass is 16.5. The molecular weight excluding hydrogens is 456 g/mol. The SMILES string of the molecule is COc1ccc(NC(=O)c2cc3ccc(-c4nccc(Nc5ccc6[nH]ncc6c5)n4)cc3[nH]2)cn1. The Hall–Kier alpha value is -5.25. The van der Waals surface area contributed by atoms with Crippen LogP contribution in [0.25, 0.3) is 33.2 Å². The average molecular weight is 477 g/mol. The van der Waals surface area contributed by atoms with Gasteiger partial charge in [0.05, 0.1) is 30.7 Å². The van der Waals surface area contributed by atoms with Crippen molar-refractivity contribution >= 4 is 44.9 Å². The first-order chi connectivity index (χ1) is 17.6. The molecule has 0 aliphatic carbocycles. The van der Waals surface area contributed by atoms with Gasteiger partial charge in [-0.2, -0.15) is 5.10 Å². The third-order valence-corrected chi connectivity index (χ3v) is 5.70. The number of pyridine rings is 1. The fraction of sp³-hybridized carbons (Fsp3) is 0.0385. The maximum Gasteiger partial charge on any atom is 0.272 e. The van der Waals surface area contributed by atoms with Gasteiger partial charge in [0.25, 0.3) is 5.91 Å². The summed E-state index contributed by atoms with van der Waals surface area (Å²) in [6.07, 6.45) is 5.03. The van der Waals surface area contributed by atoms with Crippen LogP contribution in [0.15, 0.2) is 79.3 Å². The number of carbonyl (C=O) groups excluding carboxylic acids is 1. The van der Waals surface area contributed by atoms with E-state index in [1.165, 1.54) is 0 Å². The van der Waals surface area contributed by atoms with Gasteiger partial charge in [-0.15, -0.1) is 0 Å². The highest BCUT2D eigenvalue weighted by Gasteiger charge is 2.12. The first kappa shape index (κ1) is 21.3. The highest BCUT2D eigenvalue weighted by Crippen LogP contribution is 2.25. The van der Waals surface area contributed by atoms with Gasteiger partial charge in [-0.3, -0.25) is 9.89 Å². The molecule has 0 aliphatic heterocycles. The number of nitrogens with zero attached hydrogens (tertiary/aromatic N) is 4. The molecular formula is C26H20N8O2. The van der Waals surface area contributed by atoms with Crippen LogP contribution in [0.3, 0.4) is 0 Å². The van der Waals surface area contributed by atoms with Crippen LogP contribution in [0.4, 0.5) is 17.2 Å². The number of hydrogen-bond donors (Lipinski definition) is 4. The van der Waals surface area contributed by atoms with Crippen molar-refractivity contribution in [2.45, 2.75) is 0 Å². The van der Waals surface area contributed by atoms with Crippen LogP contribution in [0.5, 0.6) is 5.88 Å². The third kappa shape index (κ3) is 4.18. The molecule has 10 heteroatoms. The lowest BCUT2D eigenvalue weighted by atomic mass is 10.1. The summed E-state index contributed by atoms with van der Waals surface area (Å²) in [7, 11) is 1.54. The van der Waals surface area contributed by atoms with Crippen molar-refractivity contribution in [2.75, 3.05) is 17.7 Å². The summed E-state index contributed by atoms with van der Waals surface area (Å²) < 4.78 is 5.05. The number of methoxy groups -OCH3 is 1. The molecule has 0 atom stereocenters. The lowest BCUT2D eigenvalue weighted by Gasteiger charge is -2.07. The Morgan fingerprint density at radius 1 is 0.889 bits per heavy atom. The van der Waals surface area contributed by atoms with E-state index in [4.69, 9.17) is 4.74 Å². The predicted octanol–water partition coefficient (Wildman–Crippen LogP) is 4.90. The summed E-state index contributed by atoms with van der Waals surface area (Å²) in [5.41, 5.74) is 4.50. The molecule has 10 nitrogen and oxygen atoms in total. The summed E-state index contributed by atoms with van der Waals surface area (Å²) in [6.45, 7) is 0. The number of aromatic amines is 2. The van der Waals surface area contributed by atoms with Crippen molar-refractivity contribution in [3.8, 4) is 17.3 Å². The molecule has 6 rings (SSSR count). The second-order valence-electron chi connectivity index (χ2n) is 8.09. The van der Waals surface area contributed by atoms with Crippen LogP contribution in [0.1, 0.15) is 10.5 Å². The molecule has 0 bridgehead atoms. The number of H-pyrrole nitrogens is 2. The Labute approximate surface area is 204 Å². The van der Waals surface area contributed by atoms with E-state index < -0.39 is 0 Å². The van der Waals surface area contributed by atoms with Gasteiger partial charge in [-0.25, -0.2) is 15.0 Å². The van der Waals surface area contributed by atoms with Gasteiger partial charge in [-0.1, -0.05) is 12.1 Å². The summed E-state index contributed by atoms with van der Waals surface area (Å²) >= 11 is 0. The topological polar surface area (TPSA) is 134 Å². The van der Waals surface area contributed by atoms with Crippen LogP contribution in [-0.4, -0.2) is 43.2 Å². The highest BCUT2D eigenvalue weighted by molar-refractivity contribution is 6.06. The van der Waals surface area contributed by atoms with Crippen LogP contribution in [-0.2, 0) is 0 Å². The van der Waals surface area contributed by atoms with E-state index in [1.807, 2.05) is 42.5 Å². The average Bonchev–Trinajstić information content (AvgIpc) is 3.55. The first-order valence-corrected chi connectivity index (χ1v) is 11.1. The largest absolute Gasteiger partial charge is 0.481 e. The van der Waals surface area contributed by atoms with E-state index >= 15 is 0 Å². The van der Waals surface area contributed by atoms with Crippen molar-refractivity contribution in [1.29, 1.82) is 0 Å². The molecule has 1 amide bonds. The minimum absolute atomic E-state index is 0.267. The molecule has 0 fully saturated rings. The van der Waals surface area contributed by atoms with E-state index in [2.05, 4.69) is 40.8 Å². The van der Waals surface area contributed by atoms with E-state index in [0.717, 1.165) is 33.1 Å². The zero-order valence-electron chi connectivity index (χ0n) is 19.1. The maximum atomic E-state index is 12.7. The molecule has 4 aromatic heterocycles. The molecule has 4 N–H and O–H groups in total. The lowest BCUT2D eigenvalue weighted by molar-refractivity contribution is 0.102. The Morgan fingerprint density at radius 2 is 1.81 bits per heavy atom. The zero-order chi connectivity index (χ0) is 24.5. The minimum Gasteiger partial charge on any atom is -0.481 e. The number of anilines is 3. The van der Waals surface area contributed by atoms with Crippen molar-refractivity contribution in [3.05, 3.63) is 84.9 Å². The van der Waals surface area contributed by atoms with Crippen LogP contribution in [0, 0.1) is 0 Å². The second kappa shape index (κ2) is 8.84. The normalized spacial score (nSPS) is 11.0. The third-order valence-electron chi connectivity index (χ3n) is 5.70. The smallest absolute Gasteiger partial charge is 0.272 e. The standard InChI is InChI=1S/C26H20N8O2/c1-36-24-7-5-19(14-28-24)31-26(35)22-11-15-2-3-16(12-21(15)32-22)25-27-9-8-23(33-25)30-18-4-6-20-17(10-18)13-29-34-20/h2-14,32H,1H3,(H,29,34)(H,31,35)(H,27,30,33). The number of nitrogens with one attached hydrogen (secondary N) is 4. The second-order valence-corrected chi connectivity index (χ2v) is 8.09. The number of hydrogen-bond acceptors (Lipinski definition) is 7. The molecule has 0 saturated carbocycles. The van der Waals surface area contributed by atoms with E-state index in [-0.39, 0.29) is 5.91 Å². The Bertz CT molecular complexity index is 1700. The molecule has 0 radical (unpaired) electrons. The van der Waals surface area contributed by atoms with Gasteiger partial charge in [0.15, 0.2) is 5.82 Å². The Balaban J connectivity index is 1.22. The number of benzene rings is 2. The molecule has 6 aromatic rings. The van der Waals surface area contributed by atoms with Crippen molar-refractivity contribution in [3.63, 3.8) is 0 Å². The summed E-state index contributed by atoms with van der Waals surface area (Å²) in [5, 5.41) is 15.1. The van der Waals surface area contributed by atoms with Gasteiger partial charge < -0.3 is 20.4 Å². The number of amides is 1. The van der Waals surface area contributed by atoms with E-state index in [0.29, 0.717) is 28.9 Å². The first-order valence-electron chi connectivity index (χ1n) is 11.1. The minimum atomic E-state index is -0.267. The molecule has 0 unspecified atom stereocenters. The van der Waals surface area contributed by atoms with Gasteiger partial charge in [0.2, 0.25) is 5.88 Å². The van der Waals surface area contributed by atoms with Gasteiger partial charge in [0.1, 0.15) is 11.5 Å². The molecule has 2 aromatic carbocycles. The number of aromatic nitrogens is 6. The molecule has 0 aliphatic rings. The number of rotatable bonds is 6. The molecule has 0 spiro atoms. The Kier molecular flexibility index (Phi) is 5.23. The molecule has 4 heterocycles. The summed E-state index contributed by atoms with van der Waals surface area (Å²) in [6, 6.07) is 18.8. The Morgan fingerprint density at radius 3 is 2.67 bits per heavy atom.